The Hall–Kier alpha value is -3.27. The zero-order chi connectivity index (χ0) is 24.1. The van der Waals surface area contributed by atoms with Crippen LogP contribution in [0.25, 0.3) is 32.2 Å². The number of carbonyl (C=O) groups is 1. The first-order valence-electron chi connectivity index (χ1n) is 11.6. The maximum atomic E-state index is 11.9. The van der Waals surface area contributed by atoms with Crippen LogP contribution in [0.15, 0.2) is 30.5 Å². The Balaban J connectivity index is 1.57. The number of carboxylic acid groups (broad SMARTS) is 1. The minimum Gasteiger partial charge on any atom is -0.493 e. The van der Waals surface area contributed by atoms with Gasteiger partial charge in [0.15, 0.2) is 11.4 Å². The van der Waals surface area contributed by atoms with Crippen molar-refractivity contribution in [2.45, 2.75) is 26.1 Å². The molecule has 0 bridgehead atoms. The fourth-order valence-electron chi connectivity index (χ4n) is 4.97. The average Bonchev–Trinajstić information content (AvgIpc) is 3.50. The molecule has 8 nitrogen and oxygen atoms in total. The van der Waals surface area contributed by atoms with Crippen molar-refractivity contribution in [3.8, 4) is 16.9 Å². The van der Waals surface area contributed by atoms with Gasteiger partial charge in [-0.05, 0) is 47.9 Å². The molecule has 4 aromatic rings. The molecule has 2 aromatic heterocycles. The molecular formula is C26H25N3O5S. The molecule has 1 fully saturated rings. The van der Waals surface area contributed by atoms with E-state index in [-0.39, 0.29) is 12.7 Å². The molecule has 9 heteroatoms. The van der Waals surface area contributed by atoms with Crippen molar-refractivity contribution in [3.05, 3.63) is 47.2 Å². The lowest BCUT2D eigenvalue weighted by Crippen LogP contribution is -2.29. The number of hydrogen-bond donors (Lipinski definition) is 1. The van der Waals surface area contributed by atoms with Gasteiger partial charge in [0.05, 0.1) is 48.5 Å². The van der Waals surface area contributed by atoms with Crippen LogP contribution in [0, 0.1) is 6.92 Å². The first-order chi connectivity index (χ1) is 17.0. The third-order valence-corrected chi connectivity index (χ3v) is 7.81. The highest BCUT2D eigenvalue weighted by molar-refractivity contribution is 7.22. The Labute approximate surface area is 206 Å². The van der Waals surface area contributed by atoms with Gasteiger partial charge < -0.3 is 24.2 Å². The molecule has 0 atom stereocenters. The van der Waals surface area contributed by atoms with Crippen molar-refractivity contribution >= 4 is 43.6 Å². The Morgan fingerprint density at radius 2 is 2.06 bits per heavy atom. The summed E-state index contributed by atoms with van der Waals surface area (Å²) < 4.78 is 18.1. The number of rotatable bonds is 6. The highest BCUT2D eigenvalue weighted by Crippen LogP contribution is 2.45. The summed E-state index contributed by atoms with van der Waals surface area (Å²) in [5.74, 6) is -0.0480. The quantitative estimate of drug-likeness (QED) is 0.429. The Bertz CT molecular complexity index is 1450. The summed E-state index contributed by atoms with van der Waals surface area (Å²) in [6.45, 7) is 4.36. The lowest BCUT2D eigenvalue weighted by molar-refractivity contribution is -0.136. The van der Waals surface area contributed by atoms with Crippen molar-refractivity contribution in [1.82, 2.24) is 9.97 Å². The summed E-state index contributed by atoms with van der Waals surface area (Å²) in [6, 6.07) is 8.00. The molecule has 2 aliphatic rings. The smallest absolute Gasteiger partial charge is 0.307 e. The molecule has 1 saturated heterocycles. The fourth-order valence-corrected chi connectivity index (χ4v) is 6.07. The van der Waals surface area contributed by atoms with Gasteiger partial charge in [0.1, 0.15) is 5.75 Å². The second kappa shape index (κ2) is 8.75. The number of aromatic nitrogens is 2. The molecule has 180 valence electrons. The van der Waals surface area contributed by atoms with Crippen molar-refractivity contribution in [2.24, 2.45) is 0 Å². The van der Waals surface area contributed by atoms with Crippen LogP contribution in [0.5, 0.6) is 5.75 Å². The van der Waals surface area contributed by atoms with Crippen molar-refractivity contribution in [1.29, 1.82) is 0 Å². The van der Waals surface area contributed by atoms with E-state index in [1.807, 2.05) is 49.3 Å². The molecule has 0 spiro atoms. The van der Waals surface area contributed by atoms with Crippen LogP contribution in [-0.4, -0.2) is 60.7 Å². The van der Waals surface area contributed by atoms with E-state index in [9.17, 15) is 9.90 Å². The van der Waals surface area contributed by atoms with Crippen LogP contribution < -0.4 is 9.64 Å². The second-order valence-electron chi connectivity index (χ2n) is 8.92. The van der Waals surface area contributed by atoms with Gasteiger partial charge in [-0.3, -0.25) is 9.78 Å². The summed E-state index contributed by atoms with van der Waals surface area (Å²) in [5, 5.41) is 11.6. The van der Waals surface area contributed by atoms with Gasteiger partial charge >= 0.3 is 5.97 Å². The molecule has 4 heterocycles. The molecular weight excluding hydrogens is 466 g/mol. The van der Waals surface area contributed by atoms with Crippen LogP contribution in [0.3, 0.4) is 0 Å². The molecule has 1 N–H and O–H groups in total. The number of ether oxygens (including phenoxy) is 3. The van der Waals surface area contributed by atoms with Gasteiger partial charge in [-0.1, -0.05) is 11.3 Å². The zero-order valence-electron chi connectivity index (χ0n) is 19.5. The van der Waals surface area contributed by atoms with Crippen molar-refractivity contribution in [3.63, 3.8) is 0 Å². The summed E-state index contributed by atoms with van der Waals surface area (Å²) in [4.78, 5) is 23.6. The van der Waals surface area contributed by atoms with Gasteiger partial charge in [0.2, 0.25) is 0 Å². The highest BCUT2D eigenvalue weighted by atomic mass is 32.1. The monoisotopic (exact) mass is 491 g/mol. The predicted octanol–water partition coefficient (Wildman–Crippen LogP) is 4.19. The Morgan fingerprint density at radius 1 is 1.23 bits per heavy atom. The first kappa shape index (κ1) is 22.2. The number of hydrogen-bond acceptors (Lipinski definition) is 8. The maximum absolute atomic E-state index is 11.9. The largest absolute Gasteiger partial charge is 0.493 e. The SMILES string of the molecule is Cc1cc2nc(N(C)CC3OCCO3)sc2c(-c2ccc3c4c(ccnc24)CCO3)c1CC(=O)O. The number of aryl methyl sites for hydroxylation is 1. The van der Waals surface area contributed by atoms with Gasteiger partial charge in [-0.15, -0.1) is 0 Å². The van der Waals surface area contributed by atoms with Gasteiger partial charge in [-0.2, -0.15) is 0 Å². The number of carboxylic acids is 1. The number of aliphatic carboxylic acids is 1. The van der Waals surface area contributed by atoms with Crippen LogP contribution in [0.2, 0.25) is 0 Å². The summed E-state index contributed by atoms with van der Waals surface area (Å²) >= 11 is 1.55. The van der Waals surface area contributed by atoms with E-state index in [0.717, 1.165) is 60.7 Å². The third kappa shape index (κ3) is 3.89. The lowest BCUT2D eigenvalue weighted by Gasteiger charge is -2.21. The van der Waals surface area contributed by atoms with Gasteiger partial charge in [0.25, 0.3) is 0 Å². The zero-order valence-corrected chi connectivity index (χ0v) is 20.4. The number of anilines is 1. The standard InChI is InChI=1S/C26H25N3O5S/c1-14-11-18-25(35-26(28-18)29(2)13-21-33-9-10-34-21)23(17(14)12-20(30)31)16-3-4-19-22-15(6-8-32-19)5-7-27-24(16)22/h3-5,7,11,21H,6,8-10,12-13H2,1-2H3,(H,30,31). The molecule has 0 unspecified atom stereocenters. The molecule has 0 radical (unpaired) electrons. The first-order valence-corrected chi connectivity index (χ1v) is 12.4. The molecule has 6 rings (SSSR count). The summed E-state index contributed by atoms with van der Waals surface area (Å²) in [6.07, 6.45) is 2.29. The second-order valence-corrected chi connectivity index (χ2v) is 9.89. The number of pyridine rings is 1. The van der Waals surface area contributed by atoms with Gasteiger partial charge in [0, 0.05) is 36.2 Å². The van der Waals surface area contributed by atoms with Crippen molar-refractivity contribution in [2.75, 3.05) is 38.3 Å². The van der Waals surface area contributed by atoms with E-state index in [0.29, 0.717) is 26.4 Å². The fraction of sp³-hybridized carbons (Fsp3) is 0.346. The third-order valence-electron chi connectivity index (χ3n) is 6.61. The van der Waals surface area contributed by atoms with E-state index in [1.165, 1.54) is 5.56 Å². The van der Waals surface area contributed by atoms with Crippen LogP contribution in [-0.2, 0) is 27.1 Å². The summed E-state index contributed by atoms with van der Waals surface area (Å²) in [7, 11) is 1.97. The van der Waals surface area contributed by atoms with E-state index < -0.39 is 5.97 Å². The minimum atomic E-state index is -0.870. The Kier molecular flexibility index (Phi) is 5.55. The minimum absolute atomic E-state index is 0.0800. The lowest BCUT2D eigenvalue weighted by atomic mass is 9.90. The molecule has 0 amide bonds. The van der Waals surface area contributed by atoms with Crippen LogP contribution in [0.1, 0.15) is 16.7 Å². The Morgan fingerprint density at radius 3 is 2.86 bits per heavy atom. The van der Waals surface area contributed by atoms with E-state index in [4.69, 9.17) is 24.2 Å². The molecule has 2 aliphatic heterocycles. The highest BCUT2D eigenvalue weighted by Gasteiger charge is 2.25. The number of benzene rings is 2. The number of fused-ring (bicyclic) bond motifs is 1. The van der Waals surface area contributed by atoms with Crippen LogP contribution in [0.4, 0.5) is 5.13 Å². The molecule has 35 heavy (non-hydrogen) atoms. The van der Waals surface area contributed by atoms with Gasteiger partial charge in [-0.25, -0.2) is 4.98 Å². The van der Waals surface area contributed by atoms with Crippen molar-refractivity contribution < 1.29 is 24.1 Å². The van der Waals surface area contributed by atoms with E-state index in [2.05, 4.69) is 0 Å². The molecule has 2 aromatic carbocycles. The predicted molar refractivity (Wildman–Crippen MR) is 135 cm³/mol. The summed E-state index contributed by atoms with van der Waals surface area (Å²) in [5.41, 5.74) is 6.33. The average molecular weight is 492 g/mol. The van der Waals surface area contributed by atoms with E-state index >= 15 is 0 Å². The number of likely N-dealkylation sites (N-methyl/N-ethyl adjacent to an activating group) is 1. The molecule has 0 saturated carbocycles. The molecule has 0 aliphatic carbocycles. The normalized spacial score (nSPS) is 15.6. The van der Waals surface area contributed by atoms with Crippen LogP contribution >= 0.6 is 11.3 Å². The maximum Gasteiger partial charge on any atom is 0.307 e. The topological polar surface area (TPSA) is 94.0 Å². The number of nitrogens with zero attached hydrogens (tertiary/aromatic N) is 3. The number of thiazole rings is 1. The van der Waals surface area contributed by atoms with E-state index in [1.54, 1.807) is 11.3 Å².